The summed E-state index contributed by atoms with van der Waals surface area (Å²) in [5.41, 5.74) is 0. The molecular weight excluding hydrogens is 202 g/mol. The first kappa shape index (κ1) is 11.6. The van der Waals surface area contributed by atoms with Crippen LogP contribution in [0.2, 0.25) is 0 Å². The van der Waals surface area contributed by atoms with Crippen LogP contribution in [0.15, 0.2) is 4.99 Å². The lowest BCUT2D eigenvalue weighted by Crippen LogP contribution is -2.47. The number of hydrogen-bond acceptors (Lipinski definition) is 3. The number of carbonyl (C=O) groups excluding carboxylic acids is 1. The molecule has 1 unspecified atom stereocenters. The Hall–Kier alpha value is -0.900. The van der Waals surface area contributed by atoms with Gasteiger partial charge >= 0.3 is 0 Å². The molecule has 2 aliphatic rings. The third-order valence-electron chi connectivity index (χ3n) is 3.63. The van der Waals surface area contributed by atoms with Crippen LogP contribution >= 0.6 is 0 Å². The third-order valence-corrected chi connectivity index (χ3v) is 3.63. The molecule has 1 atom stereocenters. The second kappa shape index (κ2) is 4.95. The van der Waals surface area contributed by atoms with E-state index in [2.05, 4.69) is 9.89 Å². The average Bonchev–Trinajstić information content (AvgIpc) is 2.31. The number of carbonyl (C=O) groups is 1. The van der Waals surface area contributed by atoms with Crippen molar-refractivity contribution >= 4 is 11.7 Å². The second-order valence-corrected chi connectivity index (χ2v) is 4.84. The van der Waals surface area contributed by atoms with Gasteiger partial charge in [-0.05, 0) is 32.9 Å². The van der Waals surface area contributed by atoms with Crippen LogP contribution < -0.4 is 0 Å². The molecule has 0 aromatic heterocycles. The zero-order valence-electron chi connectivity index (χ0n) is 10.3. The molecule has 2 rings (SSSR count). The zero-order valence-corrected chi connectivity index (χ0v) is 10.3. The number of rotatable bonds is 2. The molecule has 90 valence electrons. The van der Waals surface area contributed by atoms with E-state index in [-0.39, 0.29) is 11.8 Å². The summed E-state index contributed by atoms with van der Waals surface area (Å²) in [5, 5.41) is 0. The van der Waals surface area contributed by atoms with Crippen LogP contribution in [0.1, 0.15) is 26.2 Å². The van der Waals surface area contributed by atoms with Crippen molar-refractivity contribution in [1.82, 2.24) is 9.80 Å². The lowest BCUT2D eigenvalue weighted by atomic mass is 10.0. The molecule has 1 amide bonds. The number of likely N-dealkylation sites (tertiary alicyclic amines) is 1. The van der Waals surface area contributed by atoms with Gasteiger partial charge in [-0.1, -0.05) is 6.42 Å². The predicted octanol–water partition coefficient (Wildman–Crippen LogP) is 0.979. The maximum Gasteiger partial charge on any atom is 0.233 e. The van der Waals surface area contributed by atoms with Crippen LogP contribution in [-0.2, 0) is 4.79 Å². The Labute approximate surface area is 97.3 Å². The van der Waals surface area contributed by atoms with Crippen LogP contribution in [0.25, 0.3) is 0 Å². The zero-order chi connectivity index (χ0) is 11.5. The van der Waals surface area contributed by atoms with Crippen LogP contribution in [0.4, 0.5) is 0 Å². The Morgan fingerprint density at radius 2 is 2.00 bits per heavy atom. The van der Waals surface area contributed by atoms with Gasteiger partial charge in [0.2, 0.25) is 5.91 Å². The first-order chi connectivity index (χ1) is 7.68. The summed E-state index contributed by atoms with van der Waals surface area (Å²) < 4.78 is 0. The third kappa shape index (κ3) is 2.43. The molecule has 0 aromatic carbocycles. The van der Waals surface area contributed by atoms with Crippen LogP contribution in [0.3, 0.4) is 0 Å². The van der Waals surface area contributed by atoms with E-state index < -0.39 is 0 Å². The Morgan fingerprint density at radius 3 is 2.69 bits per heavy atom. The maximum absolute atomic E-state index is 12.0. The monoisotopic (exact) mass is 223 g/mol. The van der Waals surface area contributed by atoms with Crippen LogP contribution in [-0.4, -0.2) is 54.8 Å². The van der Waals surface area contributed by atoms with Gasteiger partial charge in [0.25, 0.3) is 0 Å². The number of piperidine rings is 1. The van der Waals surface area contributed by atoms with Crippen molar-refractivity contribution in [3.63, 3.8) is 0 Å². The van der Waals surface area contributed by atoms with Gasteiger partial charge in [-0.25, -0.2) is 0 Å². The van der Waals surface area contributed by atoms with E-state index >= 15 is 0 Å². The number of amidine groups is 1. The quantitative estimate of drug-likeness (QED) is 0.699. The largest absolute Gasteiger partial charge is 0.304 e. The van der Waals surface area contributed by atoms with E-state index in [0.29, 0.717) is 6.54 Å². The van der Waals surface area contributed by atoms with Crippen molar-refractivity contribution in [3.8, 4) is 0 Å². The smallest absolute Gasteiger partial charge is 0.233 e. The SMILES string of the molecule is CC1=NCC(CN2CCCCC2)C(=O)N1C. The minimum Gasteiger partial charge on any atom is -0.304 e. The Balaban J connectivity index is 1.92. The number of amides is 1. The molecule has 2 heterocycles. The summed E-state index contributed by atoms with van der Waals surface area (Å²) >= 11 is 0. The van der Waals surface area contributed by atoms with Crippen LogP contribution in [0.5, 0.6) is 0 Å². The molecule has 4 heteroatoms. The first-order valence-corrected chi connectivity index (χ1v) is 6.19. The lowest BCUT2D eigenvalue weighted by molar-refractivity contribution is -0.131. The molecule has 0 saturated carbocycles. The van der Waals surface area contributed by atoms with E-state index in [1.54, 1.807) is 4.90 Å². The van der Waals surface area contributed by atoms with Crippen molar-refractivity contribution in [2.75, 3.05) is 33.2 Å². The summed E-state index contributed by atoms with van der Waals surface area (Å²) in [7, 11) is 1.82. The predicted molar refractivity (Wildman–Crippen MR) is 64.5 cm³/mol. The van der Waals surface area contributed by atoms with E-state index in [0.717, 1.165) is 25.5 Å². The van der Waals surface area contributed by atoms with Gasteiger partial charge in [-0.15, -0.1) is 0 Å². The first-order valence-electron chi connectivity index (χ1n) is 6.19. The van der Waals surface area contributed by atoms with E-state index in [1.165, 1.54) is 19.3 Å². The summed E-state index contributed by atoms with van der Waals surface area (Å²) in [6.45, 7) is 5.76. The van der Waals surface area contributed by atoms with Gasteiger partial charge in [0.05, 0.1) is 12.5 Å². The second-order valence-electron chi connectivity index (χ2n) is 4.84. The fourth-order valence-corrected chi connectivity index (χ4v) is 2.45. The Morgan fingerprint density at radius 1 is 1.31 bits per heavy atom. The van der Waals surface area contributed by atoms with Crippen molar-refractivity contribution < 1.29 is 4.79 Å². The van der Waals surface area contributed by atoms with Gasteiger partial charge in [-0.2, -0.15) is 0 Å². The van der Waals surface area contributed by atoms with Gasteiger partial charge in [0.15, 0.2) is 0 Å². The standard InChI is InChI=1S/C12H21N3O/c1-10-13-8-11(12(16)14(10)2)9-15-6-4-3-5-7-15/h11H,3-9H2,1-2H3. The molecule has 0 N–H and O–H groups in total. The highest BCUT2D eigenvalue weighted by Crippen LogP contribution is 2.15. The number of hydrogen-bond donors (Lipinski definition) is 0. The molecule has 1 saturated heterocycles. The fourth-order valence-electron chi connectivity index (χ4n) is 2.45. The summed E-state index contributed by atoms with van der Waals surface area (Å²) in [5.74, 6) is 1.16. The minimum atomic E-state index is 0.0757. The maximum atomic E-state index is 12.0. The van der Waals surface area contributed by atoms with Crippen molar-refractivity contribution in [2.45, 2.75) is 26.2 Å². The summed E-state index contributed by atoms with van der Waals surface area (Å²) in [6, 6.07) is 0. The van der Waals surface area contributed by atoms with Crippen molar-refractivity contribution in [2.24, 2.45) is 10.9 Å². The molecule has 1 fully saturated rings. The molecule has 0 bridgehead atoms. The molecule has 4 nitrogen and oxygen atoms in total. The van der Waals surface area contributed by atoms with Gasteiger partial charge < -0.3 is 9.80 Å². The molecular formula is C12H21N3O. The highest BCUT2D eigenvalue weighted by molar-refractivity contribution is 5.99. The summed E-state index contributed by atoms with van der Waals surface area (Å²) in [4.78, 5) is 20.5. The minimum absolute atomic E-state index is 0.0757. The van der Waals surface area contributed by atoms with Crippen LogP contribution in [0, 0.1) is 5.92 Å². The number of aliphatic imine (C=N–C) groups is 1. The van der Waals surface area contributed by atoms with Gasteiger partial charge in [0, 0.05) is 13.6 Å². The highest BCUT2D eigenvalue weighted by atomic mass is 16.2. The van der Waals surface area contributed by atoms with Crippen molar-refractivity contribution in [1.29, 1.82) is 0 Å². The van der Waals surface area contributed by atoms with E-state index in [9.17, 15) is 4.79 Å². The molecule has 0 radical (unpaired) electrons. The molecule has 16 heavy (non-hydrogen) atoms. The summed E-state index contributed by atoms with van der Waals surface area (Å²) in [6.07, 6.45) is 3.89. The lowest BCUT2D eigenvalue weighted by Gasteiger charge is -2.33. The van der Waals surface area contributed by atoms with Gasteiger partial charge in [-0.3, -0.25) is 9.79 Å². The topological polar surface area (TPSA) is 35.9 Å². The Kier molecular flexibility index (Phi) is 3.59. The highest BCUT2D eigenvalue weighted by Gasteiger charge is 2.29. The molecule has 2 aliphatic heterocycles. The average molecular weight is 223 g/mol. The molecule has 0 spiro atoms. The Bertz CT molecular complexity index is 295. The normalized spacial score (nSPS) is 28.1. The van der Waals surface area contributed by atoms with Crippen molar-refractivity contribution in [3.05, 3.63) is 0 Å². The molecule has 0 aliphatic carbocycles. The number of nitrogens with zero attached hydrogens (tertiary/aromatic N) is 3. The van der Waals surface area contributed by atoms with E-state index in [4.69, 9.17) is 0 Å². The fraction of sp³-hybridized carbons (Fsp3) is 0.833. The molecule has 0 aromatic rings. The van der Waals surface area contributed by atoms with E-state index in [1.807, 2.05) is 14.0 Å². The van der Waals surface area contributed by atoms with Gasteiger partial charge in [0.1, 0.15) is 5.84 Å².